The number of likely N-dealkylation sites (tertiary alicyclic amines) is 1. The zero-order chi connectivity index (χ0) is 25.4. The molecule has 6 nitrogen and oxygen atoms in total. The van der Waals surface area contributed by atoms with E-state index in [-0.39, 0.29) is 21.6 Å². The number of Topliss-reactive ketones (excluding diaryl/α,β-unsaturated/α-hetero) is 1. The van der Waals surface area contributed by atoms with Crippen LogP contribution in [0, 0.1) is 5.92 Å². The first-order valence-corrected chi connectivity index (χ1v) is 13.4. The fourth-order valence-corrected chi connectivity index (χ4v) is 6.10. The zero-order valence-corrected chi connectivity index (χ0v) is 21.9. The minimum Gasteiger partial charge on any atom is -0.505 e. The molecule has 2 aliphatic rings. The van der Waals surface area contributed by atoms with Crippen molar-refractivity contribution in [1.82, 2.24) is 9.88 Å². The number of aromatic hydroxyl groups is 1. The lowest BCUT2D eigenvalue weighted by Gasteiger charge is -2.32. The number of nitrogens with one attached hydrogen (secondary N) is 1. The van der Waals surface area contributed by atoms with Crippen LogP contribution in [0.2, 0.25) is 10.0 Å². The summed E-state index contributed by atoms with van der Waals surface area (Å²) in [6, 6.07) is 9.89. The molecule has 1 aliphatic carbocycles. The highest BCUT2D eigenvalue weighted by molar-refractivity contribution is 6.37. The topological polar surface area (TPSA) is 91.5 Å². The lowest BCUT2D eigenvalue weighted by Crippen LogP contribution is -2.34. The number of carbonyl (C=O) groups excluding carboxylic acids is 1. The van der Waals surface area contributed by atoms with Crippen molar-refractivity contribution in [3.8, 4) is 16.9 Å². The van der Waals surface area contributed by atoms with Gasteiger partial charge >= 0.3 is 0 Å². The van der Waals surface area contributed by atoms with Crippen LogP contribution in [-0.4, -0.2) is 52.5 Å². The van der Waals surface area contributed by atoms with Crippen LogP contribution in [0.15, 0.2) is 36.5 Å². The van der Waals surface area contributed by atoms with Crippen LogP contribution >= 0.6 is 23.2 Å². The summed E-state index contributed by atoms with van der Waals surface area (Å²) in [4.78, 5) is 19.6. The lowest BCUT2D eigenvalue weighted by atomic mass is 9.85. The maximum absolute atomic E-state index is 12.5. The minimum atomic E-state index is -0.131. The first-order chi connectivity index (χ1) is 17.3. The molecule has 8 heteroatoms. The van der Waals surface area contributed by atoms with E-state index in [0.29, 0.717) is 23.6 Å². The normalized spacial score (nSPS) is 22.7. The average Bonchev–Trinajstić information content (AvgIpc) is 3.27. The summed E-state index contributed by atoms with van der Waals surface area (Å²) in [5.41, 5.74) is 9.98. The Morgan fingerprint density at radius 3 is 2.47 bits per heavy atom. The maximum Gasteiger partial charge on any atom is 0.163 e. The van der Waals surface area contributed by atoms with Crippen molar-refractivity contribution in [1.29, 1.82) is 0 Å². The van der Waals surface area contributed by atoms with E-state index in [1.807, 2.05) is 18.2 Å². The number of ketones is 1. The highest BCUT2D eigenvalue weighted by Gasteiger charge is 2.27. The fourth-order valence-electron chi connectivity index (χ4n) is 5.61. The quantitative estimate of drug-likeness (QED) is 0.335. The maximum atomic E-state index is 12.5. The standard InChI is InChI=1S/C28H32Cl2N4O2/c1-16(35)23-13-32-26-7-4-18(19-11-24(29)28(36)25(30)12-19)10-22(26)27(23)33-21-5-2-17(3-6-21)14-34-9-8-20(31)15-34/h4,7,10-13,17,20-21,36H,2-3,5-6,8-9,14-15,31H2,1H3,(H,32,33). The Morgan fingerprint density at radius 2 is 1.83 bits per heavy atom. The van der Waals surface area contributed by atoms with Crippen LogP contribution in [0.3, 0.4) is 0 Å². The Balaban J connectivity index is 1.40. The van der Waals surface area contributed by atoms with Gasteiger partial charge in [-0.25, -0.2) is 0 Å². The number of rotatable bonds is 6. The number of nitrogens with zero attached hydrogens (tertiary/aromatic N) is 2. The molecule has 2 fully saturated rings. The van der Waals surface area contributed by atoms with Gasteiger partial charge in [-0.2, -0.15) is 0 Å². The summed E-state index contributed by atoms with van der Waals surface area (Å²) in [7, 11) is 0. The Kier molecular flexibility index (Phi) is 7.40. The highest BCUT2D eigenvalue weighted by atomic mass is 35.5. The first kappa shape index (κ1) is 25.3. The smallest absolute Gasteiger partial charge is 0.163 e. The van der Waals surface area contributed by atoms with E-state index in [2.05, 4.69) is 15.2 Å². The van der Waals surface area contributed by atoms with Gasteiger partial charge in [-0.15, -0.1) is 0 Å². The number of hydrogen-bond acceptors (Lipinski definition) is 6. The van der Waals surface area contributed by atoms with Crippen LogP contribution in [0.4, 0.5) is 5.69 Å². The summed E-state index contributed by atoms with van der Waals surface area (Å²) >= 11 is 12.3. The molecule has 0 radical (unpaired) electrons. The number of benzene rings is 2. The SMILES string of the molecule is CC(=O)c1cnc2ccc(-c3cc(Cl)c(O)c(Cl)c3)cc2c1NC1CCC(CN2CCC(N)C2)CC1. The molecule has 1 atom stereocenters. The largest absolute Gasteiger partial charge is 0.505 e. The number of pyridine rings is 1. The third-order valence-corrected chi connectivity index (χ3v) is 8.19. The molecule has 1 aromatic heterocycles. The molecule has 4 N–H and O–H groups in total. The zero-order valence-electron chi connectivity index (χ0n) is 20.4. The van der Waals surface area contributed by atoms with Gasteiger partial charge in [-0.3, -0.25) is 9.78 Å². The van der Waals surface area contributed by atoms with Gasteiger partial charge in [0.25, 0.3) is 0 Å². The van der Waals surface area contributed by atoms with E-state index in [4.69, 9.17) is 28.9 Å². The van der Waals surface area contributed by atoms with Gasteiger partial charge in [-0.1, -0.05) is 29.3 Å². The van der Waals surface area contributed by atoms with Gasteiger partial charge in [-0.05, 0) is 86.9 Å². The number of hydrogen-bond donors (Lipinski definition) is 3. The van der Waals surface area contributed by atoms with E-state index >= 15 is 0 Å². The van der Waals surface area contributed by atoms with Crippen LogP contribution < -0.4 is 11.1 Å². The lowest BCUT2D eigenvalue weighted by molar-refractivity contribution is 0.101. The molecule has 3 aromatic rings. The average molecular weight is 527 g/mol. The summed E-state index contributed by atoms with van der Waals surface area (Å²) in [6.45, 7) is 4.85. The van der Waals surface area contributed by atoms with Crippen molar-refractivity contribution in [3.05, 3.63) is 52.1 Å². The van der Waals surface area contributed by atoms with Crippen molar-refractivity contribution in [3.63, 3.8) is 0 Å². The third-order valence-electron chi connectivity index (χ3n) is 7.62. The summed E-state index contributed by atoms with van der Waals surface area (Å²) < 4.78 is 0. The Labute approximate surface area is 221 Å². The summed E-state index contributed by atoms with van der Waals surface area (Å²) in [6.07, 6.45) is 7.23. The predicted octanol–water partition coefficient (Wildman–Crippen LogP) is 6.12. The number of phenolic OH excluding ortho intramolecular Hbond substituents is 1. The predicted molar refractivity (Wildman–Crippen MR) is 147 cm³/mol. The van der Waals surface area contributed by atoms with Gasteiger partial charge in [0.15, 0.2) is 11.5 Å². The molecule has 190 valence electrons. The number of fused-ring (bicyclic) bond motifs is 1. The molecule has 1 saturated heterocycles. The van der Waals surface area contributed by atoms with Crippen molar-refractivity contribution >= 4 is 45.6 Å². The first-order valence-electron chi connectivity index (χ1n) is 12.6. The number of anilines is 1. The molecule has 1 aliphatic heterocycles. The molecule has 5 rings (SSSR count). The number of phenols is 1. The van der Waals surface area contributed by atoms with Crippen LogP contribution in [-0.2, 0) is 0 Å². The van der Waals surface area contributed by atoms with Gasteiger partial charge in [0.1, 0.15) is 0 Å². The second-order valence-corrected chi connectivity index (χ2v) is 11.1. The monoisotopic (exact) mass is 526 g/mol. The molecular formula is C28H32Cl2N4O2. The van der Waals surface area contributed by atoms with Crippen molar-refractivity contribution in [2.24, 2.45) is 11.7 Å². The molecule has 0 bridgehead atoms. The fraction of sp³-hybridized carbons (Fsp3) is 0.429. The Hall–Kier alpha value is -2.38. The number of carbonyl (C=O) groups is 1. The minimum absolute atomic E-state index is 0.0212. The van der Waals surface area contributed by atoms with Crippen molar-refractivity contribution < 1.29 is 9.90 Å². The van der Waals surface area contributed by atoms with Crippen LogP contribution in [0.5, 0.6) is 5.75 Å². The molecule has 1 saturated carbocycles. The number of aromatic nitrogens is 1. The molecule has 0 amide bonds. The molecule has 0 spiro atoms. The van der Waals surface area contributed by atoms with E-state index in [1.165, 1.54) is 0 Å². The van der Waals surface area contributed by atoms with Crippen molar-refractivity contribution in [2.45, 2.75) is 51.1 Å². The molecular weight excluding hydrogens is 495 g/mol. The molecule has 2 heterocycles. The summed E-state index contributed by atoms with van der Waals surface area (Å²) in [5.74, 6) is 0.548. The van der Waals surface area contributed by atoms with Crippen LogP contribution in [0.25, 0.3) is 22.0 Å². The van der Waals surface area contributed by atoms with Gasteiger partial charge in [0.2, 0.25) is 0 Å². The van der Waals surface area contributed by atoms with Crippen molar-refractivity contribution in [2.75, 3.05) is 25.0 Å². The van der Waals surface area contributed by atoms with E-state index < -0.39 is 0 Å². The second-order valence-electron chi connectivity index (χ2n) is 10.3. The van der Waals surface area contributed by atoms with Gasteiger partial charge in [0.05, 0.1) is 26.8 Å². The molecule has 36 heavy (non-hydrogen) atoms. The van der Waals surface area contributed by atoms with Crippen LogP contribution in [0.1, 0.15) is 49.4 Å². The van der Waals surface area contributed by atoms with E-state index in [1.54, 1.807) is 25.3 Å². The number of nitrogens with two attached hydrogens (primary N) is 1. The van der Waals surface area contributed by atoms with E-state index in [9.17, 15) is 9.90 Å². The Morgan fingerprint density at radius 1 is 1.11 bits per heavy atom. The Bertz CT molecular complexity index is 1270. The van der Waals surface area contributed by atoms with Gasteiger partial charge < -0.3 is 21.1 Å². The van der Waals surface area contributed by atoms with E-state index in [0.717, 1.165) is 79.5 Å². The molecule has 2 aromatic carbocycles. The summed E-state index contributed by atoms with van der Waals surface area (Å²) in [5, 5.41) is 14.9. The third kappa shape index (κ3) is 5.32. The second kappa shape index (κ2) is 10.5. The molecule has 1 unspecified atom stereocenters. The van der Waals surface area contributed by atoms with Gasteiger partial charge in [0, 0.05) is 36.8 Å². The highest BCUT2D eigenvalue weighted by Crippen LogP contribution is 2.39. The number of halogens is 2.